The van der Waals surface area contributed by atoms with Crippen molar-refractivity contribution in [3.8, 4) is 5.69 Å². The molecule has 4 rings (SSSR count). The lowest BCUT2D eigenvalue weighted by atomic mass is 10.2. The number of carbonyl (C=O) groups is 1. The zero-order valence-corrected chi connectivity index (χ0v) is 18.8. The smallest absolute Gasteiger partial charge is 0.330 e. The van der Waals surface area contributed by atoms with Crippen molar-refractivity contribution in [3.63, 3.8) is 0 Å². The van der Waals surface area contributed by atoms with Gasteiger partial charge in [-0.1, -0.05) is 12.1 Å². The molecule has 0 atom stereocenters. The third-order valence-corrected chi connectivity index (χ3v) is 6.02. The van der Waals surface area contributed by atoms with Gasteiger partial charge in [0, 0.05) is 55.9 Å². The van der Waals surface area contributed by atoms with Crippen LogP contribution in [0.25, 0.3) is 5.69 Å². The number of nitrogens with zero attached hydrogens (tertiary/aromatic N) is 3. The van der Waals surface area contributed by atoms with Crippen molar-refractivity contribution in [3.05, 3.63) is 82.0 Å². The molecular formula is C25H31N5O2. The number of hydrogen-bond donors (Lipinski definition) is 2. The van der Waals surface area contributed by atoms with E-state index in [1.165, 1.54) is 11.3 Å². The number of rotatable bonds is 7. The number of carbonyl (C=O) groups excluding carboxylic acids is 1. The van der Waals surface area contributed by atoms with Gasteiger partial charge < -0.3 is 15.2 Å². The summed E-state index contributed by atoms with van der Waals surface area (Å²) in [5, 5.41) is 3.01. The fraction of sp³-hybridized carbons (Fsp3) is 0.360. The molecule has 7 nitrogen and oxygen atoms in total. The lowest BCUT2D eigenvalue weighted by molar-refractivity contribution is 0.0951. The van der Waals surface area contributed by atoms with Gasteiger partial charge in [-0.3, -0.25) is 14.3 Å². The van der Waals surface area contributed by atoms with E-state index in [2.05, 4.69) is 51.3 Å². The highest BCUT2D eigenvalue weighted by atomic mass is 16.2. The molecule has 1 amide bonds. The lowest BCUT2D eigenvalue weighted by Crippen LogP contribution is -2.47. The van der Waals surface area contributed by atoms with E-state index in [1.807, 2.05) is 6.92 Å². The maximum atomic E-state index is 12.4. The van der Waals surface area contributed by atoms with Crippen LogP contribution in [0.3, 0.4) is 0 Å². The molecule has 32 heavy (non-hydrogen) atoms. The van der Waals surface area contributed by atoms with Crippen molar-refractivity contribution in [2.24, 2.45) is 0 Å². The molecule has 0 bridgehead atoms. The first kappa shape index (κ1) is 21.9. The Kier molecular flexibility index (Phi) is 6.75. The van der Waals surface area contributed by atoms with E-state index in [1.54, 1.807) is 35.0 Å². The average molecular weight is 434 g/mol. The van der Waals surface area contributed by atoms with Crippen molar-refractivity contribution in [2.45, 2.75) is 20.3 Å². The fourth-order valence-corrected chi connectivity index (χ4v) is 4.20. The second kappa shape index (κ2) is 9.87. The summed E-state index contributed by atoms with van der Waals surface area (Å²) in [5.41, 5.74) is 4.59. The highest BCUT2D eigenvalue weighted by Gasteiger charge is 2.17. The molecule has 2 aromatic carbocycles. The number of aromatic amines is 1. The molecule has 0 saturated carbocycles. The molecule has 7 heteroatoms. The van der Waals surface area contributed by atoms with Gasteiger partial charge in [0.15, 0.2) is 0 Å². The molecule has 0 spiro atoms. The molecule has 3 aromatic rings. The van der Waals surface area contributed by atoms with Crippen LogP contribution in [0.1, 0.15) is 28.0 Å². The molecule has 0 radical (unpaired) electrons. The van der Waals surface area contributed by atoms with Crippen molar-refractivity contribution in [1.82, 2.24) is 19.8 Å². The number of anilines is 1. The average Bonchev–Trinajstić information content (AvgIpc) is 3.15. The number of benzene rings is 2. The van der Waals surface area contributed by atoms with Gasteiger partial charge in [-0.25, -0.2) is 4.79 Å². The Morgan fingerprint density at radius 1 is 1.00 bits per heavy atom. The van der Waals surface area contributed by atoms with Crippen LogP contribution >= 0.6 is 0 Å². The maximum Gasteiger partial charge on any atom is 0.330 e. The third-order valence-electron chi connectivity index (χ3n) is 6.02. The molecule has 168 valence electrons. The Morgan fingerprint density at radius 3 is 2.41 bits per heavy atom. The van der Waals surface area contributed by atoms with E-state index in [-0.39, 0.29) is 11.6 Å². The largest absolute Gasteiger partial charge is 0.369 e. The zero-order chi connectivity index (χ0) is 22.5. The van der Waals surface area contributed by atoms with Crippen LogP contribution in [0, 0.1) is 13.8 Å². The number of amides is 1. The van der Waals surface area contributed by atoms with Crippen LogP contribution in [0.2, 0.25) is 0 Å². The van der Waals surface area contributed by atoms with Gasteiger partial charge in [-0.05, 0) is 68.8 Å². The van der Waals surface area contributed by atoms with Crippen LogP contribution in [0.15, 0.2) is 59.5 Å². The molecule has 1 saturated heterocycles. The number of piperazine rings is 1. The first-order valence-electron chi connectivity index (χ1n) is 11.2. The molecule has 2 N–H and O–H groups in total. The number of aryl methyl sites for hydroxylation is 2. The highest BCUT2D eigenvalue weighted by Crippen LogP contribution is 2.17. The third kappa shape index (κ3) is 5.11. The van der Waals surface area contributed by atoms with Crippen molar-refractivity contribution >= 4 is 11.6 Å². The Balaban J connectivity index is 1.19. The van der Waals surface area contributed by atoms with E-state index in [0.29, 0.717) is 12.1 Å². The molecule has 1 fully saturated rings. The Labute approximate surface area is 188 Å². The molecule has 1 aliphatic rings. The van der Waals surface area contributed by atoms with Crippen LogP contribution in [-0.2, 0) is 0 Å². The second-order valence-electron chi connectivity index (χ2n) is 8.39. The van der Waals surface area contributed by atoms with E-state index in [9.17, 15) is 9.59 Å². The normalized spacial score (nSPS) is 14.5. The summed E-state index contributed by atoms with van der Waals surface area (Å²) in [5.74, 6) is -0.0843. The van der Waals surface area contributed by atoms with Gasteiger partial charge in [0.2, 0.25) is 0 Å². The van der Waals surface area contributed by atoms with Gasteiger partial charge in [0.25, 0.3) is 5.91 Å². The van der Waals surface area contributed by atoms with E-state index >= 15 is 0 Å². The lowest BCUT2D eigenvalue weighted by Gasteiger charge is -2.36. The predicted molar refractivity (Wildman–Crippen MR) is 128 cm³/mol. The number of imidazole rings is 1. The van der Waals surface area contributed by atoms with E-state index in [4.69, 9.17) is 0 Å². The summed E-state index contributed by atoms with van der Waals surface area (Å²) in [4.78, 5) is 31.9. The number of hydrogen-bond acceptors (Lipinski definition) is 4. The Hall–Kier alpha value is -3.32. The minimum absolute atomic E-state index is 0.0843. The first-order valence-corrected chi connectivity index (χ1v) is 11.2. The summed E-state index contributed by atoms with van der Waals surface area (Å²) < 4.78 is 1.58. The minimum Gasteiger partial charge on any atom is -0.369 e. The van der Waals surface area contributed by atoms with Crippen LogP contribution < -0.4 is 15.9 Å². The van der Waals surface area contributed by atoms with Crippen molar-refractivity contribution in [1.29, 1.82) is 0 Å². The van der Waals surface area contributed by atoms with Gasteiger partial charge >= 0.3 is 5.69 Å². The van der Waals surface area contributed by atoms with Crippen molar-refractivity contribution in [2.75, 3.05) is 44.2 Å². The maximum absolute atomic E-state index is 12.4. The SMILES string of the molecule is Cc1cccc(N2CCN(CCCNC(=O)c3ccc(-n4c(C)c[nH]c4=O)cc3)CC2)c1. The minimum atomic E-state index is -0.181. The molecule has 1 aromatic heterocycles. The van der Waals surface area contributed by atoms with Crippen molar-refractivity contribution < 1.29 is 4.79 Å². The number of H-pyrrole nitrogens is 1. The zero-order valence-electron chi connectivity index (χ0n) is 18.8. The molecule has 0 aliphatic carbocycles. The summed E-state index contributed by atoms with van der Waals surface area (Å²) in [6, 6.07) is 15.8. The summed E-state index contributed by atoms with van der Waals surface area (Å²) >= 11 is 0. The predicted octanol–water partition coefficient (Wildman–Crippen LogP) is 2.72. The van der Waals surface area contributed by atoms with E-state index < -0.39 is 0 Å². The van der Waals surface area contributed by atoms with Gasteiger partial charge in [0.05, 0.1) is 5.69 Å². The van der Waals surface area contributed by atoms with E-state index in [0.717, 1.165) is 50.5 Å². The Bertz CT molecular complexity index is 1110. The summed E-state index contributed by atoms with van der Waals surface area (Å²) in [6.07, 6.45) is 2.59. The number of aromatic nitrogens is 2. The van der Waals surface area contributed by atoms with Crippen LogP contribution in [0.5, 0.6) is 0 Å². The highest BCUT2D eigenvalue weighted by molar-refractivity contribution is 5.94. The molecule has 1 aliphatic heterocycles. The Morgan fingerprint density at radius 2 is 1.75 bits per heavy atom. The van der Waals surface area contributed by atoms with Crippen LogP contribution in [0.4, 0.5) is 5.69 Å². The first-order chi connectivity index (χ1) is 15.5. The second-order valence-corrected chi connectivity index (χ2v) is 8.39. The van der Waals surface area contributed by atoms with Crippen LogP contribution in [-0.4, -0.2) is 59.6 Å². The summed E-state index contributed by atoms with van der Waals surface area (Å²) in [7, 11) is 0. The molecule has 2 heterocycles. The monoisotopic (exact) mass is 433 g/mol. The topological polar surface area (TPSA) is 73.4 Å². The van der Waals surface area contributed by atoms with Gasteiger partial charge in [-0.2, -0.15) is 0 Å². The standard InChI is InChI=1S/C25H31N5O2/c1-19-5-3-6-23(17-19)29-15-13-28(14-16-29)12-4-11-26-24(31)21-7-9-22(10-8-21)30-20(2)18-27-25(30)32/h3,5-10,17-18H,4,11-16H2,1-2H3,(H,26,31)(H,27,32). The van der Waals surface area contributed by atoms with Gasteiger partial charge in [0.1, 0.15) is 0 Å². The summed E-state index contributed by atoms with van der Waals surface area (Å²) in [6.45, 7) is 9.78. The molecular weight excluding hydrogens is 402 g/mol. The molecule has 0 unspecified atom stereocenters. The fourth-order valence-electron chi connectivity index (χ4n) is 4.20. The van der Waals surface area contributed by atoms with Gasteiger partial charge in [-0.15, -0.1) is 0 Å². The quantitative estimate of drug-likeness (QED) is 0.562. The number of nitrogens with one attached hydrogen (secondary N) is 2.